The van der Waals surface area contributed by atoms with Crippen molar-refractivity contribution in [2.45, 2.75) is 38.4 Å². The molecular weight excluding hydrogens is 332 g/mol. The maximum Gasteiger partial charge on any atom is 0.280 e. The van der Waals surface area contributed by atoms with Crippen molar-refractivity contribution in [1.82, 2.24) is 9.55 Å². The molecule has 0 fully saturated rings. The minimum atomic E-state index is -3.81. The summed E-state index contributed by atoms with van der Waals surface area (Å²) < 4.78 is 34.6. The number of carbonyl (C=O) groups excluding carboxylic acids is 1. The summed E-state index contributed by atoms with van der Waals surface area (Å²) in [5.74, 6) is 0.842. The highest BCUT2D eigenvalue weighted by molar-refractivity contribution is 7.92. The monoisotopic (exact) mass is 350 g/mol. The SMILES string of the molecule is CCn1cc(S(=O)(=O)Nc2ccc3c(c2)NC(=O)[C@H](C)O3)nc1C. The van der Waals surface area contributed by atoms with Gasteiger partial charge in [0.1, 0.15) is 11.6 Å². The van der Waals surface area contributed by atoms with Gasteiger partial charge in [-0.15, -0.1) is 0 Å². The number of fused-ring (bicyclic) bond motifs is 1. The first kappa shape index (κ1) is 16.3. The van der Waals surface area contributed by atoms with E-state index in [2.05, 4.69) is 15.0 Å². The molecule has 0 saturated carbocycles. The summed E-state index contributed by atoms with van der Waals surface area (Å²) in [6.45, 7) is 5.93. The Balaban J connectivity index is 1.88. The van der Waals surface area contributed by atoms with Crippen molar-refractivity contribution in [3.05, 3.63) is 30.2 Å². The second kappa shape index (κ2) is 5.82. The topological polar surface area (TPSA) is 102 Å². The molecule has 0 radical (unpaired) electrons. The summed E-state index contributed by atoms with van der Waals surface area (Å²) >= 11 is 0. The summed E-state index contributed by atoms with van der Waals surface area (Å²) in [6, 6.07) is 4.70. The third-order valence-corrected chi connectivity index (χ3v) is 4.98. The molecule has 1 aromatic carbocycles. The van der Waals surface area contributed by atoms with Gasteiger partial charge in [-0.25, -0.2) is 4.98 Å². The predicted octanol–water partition coefficient (Wildman–Crippen LogP) is 1.73. The number of anilines is 2. The Morgan fingerprint density at radius 3 is 2.83 bits per heavy atom. The summed E-state index contributed by atoms with van der Waals surface area (Å²) in [5.41, 5.74) is 0.740. The van der Waals surface area contributed by atoms with Crippen LogP contribution in [0.3, 0.4) is 0 Å². The van der Waals surface area contributed by atoms with Crippen molar-refractivity contribution in [2.24, 2.45) is 0 Å². The van der Waals surface area contributed by atoms with Crippen molar-refractivity contribution in [3.8, 4) is 5.75 Å². The average Bonchev–Trinajstić information content (AvgIpc) is 2.90. The van der Waals surface area contributed by atoms with Gasteiger partial charge in [0.25, 0.3) is 15.9 Å². The minimum absolute atomic E-state index is 0.0477. The quantitative estimate of drug-likeness (QED) is 0.874. The molecule has 1 aromatic heterocycles. The van der Waals surface area contributed by atoms with Crippen molar-refractivity contribution in [3.63, 3.8) is 0 Å². The number of ether oxygens (including phenoxy) is 1. The van der Waals surface area contributed by atoms with Gasteiger partial charge in [0.05, 0.1) is 11.4 Å². The van der Waals surface area contributed by atoms with Crippen molar-refractivity contribution >= 4 is 27.3 Å². The van der Waals surface area contributed by atoms with Gasteiger partial charge in [-0.1, -0.05) is 0 Å². The standard InChI is InChI=1S/C15H18N4O4S/c1-4-19-8-14(16-10(19)3)24(21,22)18-11-5-6-13-12(7-11)17-15(20)9(2)23-13/h5-9,18H,4H2,1-3H3,(H,17,20)/t9-/m0/s1. The van der Waals surface area contributed by atoms with Gasteiger partial charge in [0.2, 0.25) is 0 Å². The smallest absolute Gasteiger partial charge is 0.280 e. The zero-order valence-corrected chi connectivity index (χ0v) is 14.3. The van der Waals surface area contributed by atoms with E-state index in [9.17, 15) is 13.2 Å². The molecule has 1 amide bonds. The number of hydrogen-bond donors (Lipinski definition) is 2. The van der Waals surface area contributed by atoms with Crippen LogP contribution >= 0.6 is 0 Å². The van der Waals surface area contributed by atoms with Crippen LogP contribution in [0.4, 0.5) is 11.4 Å². The highest BCUT2D eigenvalue weighted by Gasteiger charge is 2.25. The van der Waals surface area contributed by atoms with E-state index < -0.39 is 16.1 Å². The first-order chi connectivity index (χ1) is 11.3. The number of sulfonamides is 1. The Bertz CT molecular complexity index is 904. The van der Waals surface area contributed by atoms with E-state index in [1.807, 2.05) is 6.92 Å². The van der Waals surface area contributed by atoms with Crippen LogP contribution in [-0.4, -0.2) is 30.0 Å². The molecule has 2 heterocycles. The normalized spacial score (nSPS) is 17.0. The summed E-state index contributed by atoms with van der Waals surface area (Å²) in [5, 5.41) is 2.63. The van der Waals surface area contributed by atoms with E-state index in [0.717, 1.165) is 0 Å². The van der Waals surface area contributed by atoms with Crippen LogP contribution in [0.5, 0.6) is 5.75 Å². The third kappa shape index (κ3) is 2.94. The third-order valence-electron chi connectivity index (χ3n) is 3.73. The molecule has 0 spiro atoms. The molecule has 0 aliphatic carbocycles. The van der Waals surface area contributed by atoms with E-state index in [1.165, 1.54) is 12.3 Å². The van der Waals surface area contributed by atoms with E-state index in [0.29, 0.717) is 29.5 Å². The zero-order chi connectivity index (χ0) is 17.5. The van der Waals surface area contributed by atoms with E-state index >= 15 is 0 Å². The van der Waals surface area contributed by atoms with Gasteiger partial charge in [-0.05, 0) is 39.0 Å². The first-order valence-electron chi connectivity index (χ1n) is 7.48. The second-order valence-corrected chi connectivity index (χ2v) is 7.11. The van der Waals surface area contributed by atoms with Gasteiger partial charge in [-0.2, -0.15) is 8.42 Å². The molecule has 9 heteroatoms. The molecule has 1 atom stereocenters. The van der Waals surface area contributed by atoms with Gasteiger partial charge < -0.3 is 14.6 Å². The second-order valence-electron chi connectivity index (χ2n) is 5.48. The maximum atomic E-state index is 12.5. The molecule has 2 aromatic rings. The van der Waals surface area contributed by atoms with Gasteiger partial charge in [-0.3, -0.25) is 9.52 Å². The molecule has 3 rings (SSSR count). The van der Waals surface area contributed by atoms with Crippen LogP contribution in [-0.2, 0) is 21.4 Å². The van der Waals surface area contributed by atoms with Crippen molar-refractivity contribution in [1.29, 1.82) is 0 Å². The Labute approximate surface area is 139 Å². The Hall–Kier alpha value is -2.55. The van der Waals surface area contributed by atoms with Crippen LogP contribution in [0.15, 0.2) is 29.4 Å². The minimum Gasteiger partial charge on any atom is -0.479 e. The van der Waals surface area contributed by atoms with Crippen LogP contribution in [0, 0.1) is 6.92 Å². The number of aromatic nitrogens is 2. The number of aryl methyl sites for hydroxylation is 2. The lowest BCUT2D eigenvalue weighted by molar-refractivity contribution is -0.122. The van der Waals surface area contributed by atoms with Gasteiger partial charge in [0, 0.05) is 12.7 Å². The van der Waals surface area contributed by atoms with Crippen LogP contribution in [0.1, 0.15) is 19.7 Å². The van der Waals surface area contributed by atoms with Gasteiger partial charge in [0.15, 0.2) is 11.1 Å². The number of imidazole rings is 1. The number of carbonyl (C=O) groups is 1. The fraction of sp³-hybridized carbons (Fsp3) is 0.333. The first-order valence-corrected chi connectivity index (χ1v) is 8.96. The van der Waals surface area contributed by atoms with Crippen molar-refractivity contribution < 1.29 is 17.9 Å². The van der Waals surface area contributed by atoms with Crippen molar-refractivity contribution in [2.75, 3.05) is 10.0 Å². The molecule has 0 saturated heterocycles. The number of nitrogens with zero attached hydrogens (tertiary/aromatic N) is 2. The number of benzene rings is 1. The molecule has 0 unspecified atom stereocenters. The Kier molecular flexibility index (Phi) is 3.96. The zero-order valence-electron chi connectivity index (χ0n) is 13.5. The molecule has 2 N–H and O–H groups in total. The van der Waals surface area contributed by atoms with E-state index in [1.54, 1.807) is 30.5 Å². The molecule has 0 bridgehead atoms. The Morgan fingerprint density at radius 2 is 2.17 bits per heavy atom. The van der Waals surface area contributed by atoms with Gasteiger partial charge >= 0.3 is 0 Å². The van der Waals surface area contributed by atoms with E-state index in [-0.39, 0.29) is 10.9 Å². The largest absolute Gasteiger partial charge is 0.479 e. The summed E-state index contributed by atoms with van der Waals surface area (Å²) in [7, 11) is -3.81. The van der Waals surface area contributed by atoms with Crippen LogP contribution in [0.2, 0.25) is 0 Å². The average molecular weight is 350 g/mol. The number of hydrogen-bond acceptors (Lipinski definition) is 5. The number of rotatable bonds is 4. The van der Waals surface area contributed by atoms with E-state index in [4.69, 9.17) is 4.74 Å². The molecule has 1 aliphatic heterocycles. The fourth-order valence-electron chi connectivity index (χ4n) is 2.41. The van der Waals surface area contributed by atoms with Crippen LogP contribution < -0.4 is 14.8 Å². The fourth-order valence-corrected chi connectivity index (χ4v) is 3.47. The molecule has 24 heavy (non-hydrogen) atoms. The Morgan fingerprint density at radius 1 is 1.42 bits per heavy atom. The maximum absolute atomic E-state index is 12.5. The van der Waals surface area contributed by atoms with Crippen LogP contribution in [0.25, 0.3) is 0 Å². The lowest BCUT2D eigenvalue weighted by atomic mass is 10.2. The lowest BCUT2D eigenvalue weighted by Gasteiger charge is -2.23. The molecule has 8 nitrogen and oxygen atoms in total. The highest BCUT2D eigenvalue weighted by atomic mass is 32.2. The lowest BCUT2D eigenvalue weighted by Crippen LogP contribution is -2.34. The summed E-state index contributed by atoms with van der Waals surface area (Å²) in [4.78, 5) is 15.7. The molecule has 128 valence electrons. The highest BCUT2D eigenvalue weighted by Crippen LogP contribution is 2.32. The summed E-state index contributed by atoms with van der Waals surface area (Å²) in [6.07, 6.45) is 0.906. The molecule has 1 aliphatic rings. The number of nitrogens with one attached hydrogen (secondary N) is 2. The number of amides is 1. The predicted molar refractivity (Wildman–Crippen MR) is 88.6 cm³/mol. The molecular formula is C15H18N4O4S.